The average Bonchev–Trinajstić information content (AvgIpc) is 2.40. The van der Waals surface area contributed by atoms with Gasteiger partial charge in [-0.25, -0.2) is 0 Å². The summed E-state index contributed by atoms with van der Waals surface area (Å²) in [5.74, 6) is 2.08. The number of aromatic hydroxyl groups is 1. The maximum atomic E-state index is 9.28. The van der Waals surface area contributed by atoms with Crippen LogP contribution in [0.4, 0.5) is 0 Å². The molecule has 1 aromatic rings. The minimum absolute atomic E-state index is 0.348. The SMILES string of the molecule is CC(Cc1ccc(O)cc1)NCC1CCCCC1C. The van der Waals surface area contributed by atoms with Crippen molar-refractivity contribution < 1.29 is 5.11 Å². The fourth-order valence-electron chi connectivity index (χ4n) is 3.11. The van der Waals surface area contributed by atoms with Gasteiger partial charge < -0.3 is 10.4 Å². The molecule has 1 saturated carbocycles. The van der Waals surface area contributed by atoms with E-state index in [1.54, 1.807) is 12.1 Å². The molecule has 0 radical (unpaired) electrons. The van der Waals surface area contributed by atoms with Crippen LogP contribution in [-0.4, -0.2) is 17.7 Å². The third-order valence-electron chi connectivity index (χ3n) is 4.50. The van der Waals surface area contributed by atoms with Gasteiger partial charge in [-0.1, -0.05) is 38.3 Å². The highest BCUT2D eigenvalue weighted by Gasteiger charge is 2.21. The molecule has 1 fully saturated rings. The van der Waals surface area contributed by atoms with Crippen LogP contribution in [0.5, 0.6) is 5.75 Å². The summed E-state index contributed by atoms with van der Waals surface area (Å²) in [5, 5.41) is 13.0. The topological polar surface area (TPSA) is 32.3 Å². The van der Waals surface area contributed by atoms with E-state index in [1.165, 1.54) is 31.2 Å². The van der Waals surface area contributed by atoms with Gasteiger partial charge >= 0.3 is 0 Å². The monoisotopic (exact) mass is 261 g/mol. The van der Waals surface area contributed by atoms with Crippen molar-refractivity contribution in [2.75, 3.05) is 6.54 Å². The Kier molecular flexibility index (Phi) is 5.26. The van der Waals surface area contributed by atoms with Crippen molar-refractivity contribution >= 4 is 0 Å². The molecule has 1 aliphatic rings. The molecule has 0 amide bonds. The van der Waals surface area contributed by atoms with E-state index in [0.717, 1.165) is 24.8 Å². The quantitative estimate of drug-likeness (QED) is 0.846. The molecular weight excluding hydrogens is 234 g/mol. The van der Waals surface area contributed by atoms with Crippen molar-refractivity contribution in [1.29, 1.82) is 0 Å². The third kappa shape index (κ3) is 4.54. The van der Waals surface area contributed by atoms with Gasteiger partial charge in [-0.15, -0.1) is 0 Å². The molecule has 2 rings (SSSR count). The Morgan fingerprint density at radius 3 is 2.58 bits per heavy atom. The van der Waals surface area contributed by atoms with Crippen LogP contribution in [0.2, 0.25) is 0 Å². The lowest BCUT2D eigenvalue weighted by Crippen LogP contribution is -2.35. The maximum absolute atomic E-state index is 9.28. The van der Waals surface area contributed by atoms with E-state index in [0.29, 0.717) is 11.8 Å². The van der Waals surface area contributed by atoms with Crippen molar-refractivity contribution in [3.8, 4) is 5.75 Å². The van der Waals surface area contributed by atoms with E-state index in [9.17, 15) is 5.11 Å². The van der Waals surface area contributed by atoms with Crippen LogP contribution in [-0.2, 0) is 6.42 Å². The number of rotatable bonds is 5. The van der Waals surface area contributed by atoms with Gasteiger partial charge in [0.25, 0.3) is 0 Å². The molecule has 0 spiro atoms. The third-order valence-corrected chi connectivity index (χ3v) is 4.50. The number of phenols is 1. The number of hydrogen-bond donors (Lipinski definition) is 2. The van der Waals surface area contributed by atoms with Gasteiger partial charge in [0.2, 0.25) is 0 Å². The first-order valence-electron chi connectivity index (χ1n) is 7.66. The van der Waals surface area contributed by atoms with Gasteiger partial charge in [0.15, 0.2) is 0 Å². The number of benzene rings is 1. The zero-order valence-corrected chi connectivity index (χ0v) is 12.2. The fourth-order valence-corrected chi connectivity index (χ4v) is 3.11. The minimum Gasteiger partial charge on any atom is -0.508 e. The zero-order valence-electron chi connectivity index (χ0n) is 12.2. The Morgan fingerprint density at radius 2 is 1.89 bits per heavy atom. The van der Waals surface area contributed by atoms with Gasteiger partial charge in [-0.2, -0.15) is 0 Å². The van der Waals surface area contributed by atoms with Crippen molar-refractivity contribution in [3.05, 3.63) is 29.8 Å². The summed E-state index contributed by atoms with van der Waals surface area (Å²) >= 11 is 0. The van der Waals surface area contributed by atoms with E-state index >= 15 is 0 Å². The molecule has 3 atom stereocenters. The second-order valence-electron chi connectivity index (χ2n) is 6.20. The Hall–Kier alpha value is -1.02. The first kappa shape index (κ1) is 14.4. The van der Waals surface area contributed by atoms with Crippen LogP contribution in [0, 0.1) is 11.8 Å². The molecule has 1 aliphatic carbocycles. The molecule has 2 heteroatoms. The van der Waals surface area contributed by atoms with Gasteiger partial charge in [0, 0.05) is 6.04 Å². The highest BCUT2D eigenvalue weighted by Crippen LogP contribution is 2.28. The molecule has 3 unspecified atom stereocenters. The lowest BCUT2D eigenvalue weighted by Gasteiger charge is -2.30. The van der Waals surface area contributed by atoms with E-state index in [2.05, 4.69) is 19.2 Å². The average molecular weight is 261 g/mol. The molecule has 106 valence electrons. The first-order chi connectivity index (χ1) is 9.15. The highest BCUT2D eigenvalue weighted by atomic mass is 16.3. The Bertz CT molecular complexity index is 373. The summed E-state index contributed by atoms with van der Waals surface area (Å²) < 4.78 is 0. The summed E-state index contributed by atoms with van der Waals surface area (Å²) in [4.78, 5) is 0. The number of nitrogens with one attached hydrogen (secondary N) is 1. The molecular formula is C17H27NO. The lowest BCUT2D eigenvalue weighted by atomic mass is 9.80. The van der Waals surface area contributed by atoms with E-state index < -0.39 is 0 Å². The molecule has 19 heavy (non-hydrogen) atoms. The molecule has 0 aromatic heterocycles. The van der Waals surface area contributed by atoms with Gasteiger partial charge in [0.05, 0.1) is 0 Å². The summed E-state index contributed by atoms with van der Waals surface area (Å²) in [6, 6.07) is 8.06. The van der Waals surface area contributed by atoms with Crippen molar-refractivity contribution in [2.45, 2.75) is 52.0 Å². The predicted octanol–water partition coefficient (Wildman–Crippen LogP) is 3.74. The largest absolute Gasteiger partial charge is 0.508 e. The van der Waals surface area contributed by atoms with Crippen LogP contribution < -0.4 is 5.32 Å². The Morgan fingerprint density at radius 1 is 1.21 bits per heavy atom. The number of phenolic OH excluding ortho intramolecular Hbond substituents is 1. The van der Waals surface area contributed by atoms with Crippen LogP contribution in [0.25, 0.3) is 0 Å². The smallest absolute Gasteiger partial charge is 0.115 e. The summed E-state index contributed by atoms with van der Waals surface area (Å²) in [6.07, 6.45) is 6.64. The van der Waals surface area contributed by atoms with Crippen molar-refractivity contribution in [3.63, 3.8) is 0 Å². The molecule has 1 aromatic carbocycles. The zero-order chi connectivity index (χ0) is 13.7. The normalized spacial score (nSPS) is 25.2. The van der Waals surface area contributed by atoms with Crippen LogP contribution in [0.15, 0.2) is 24.3 Å². The van der Waals surface area contributed by atoms with E-state index in [-0.39, 0.29) is 0 Å². The van der Waals surface area contributed by atoms with Crippen molar-refractivity contribution in [2.24, 2.45) is 11.8 Å². The van der Waals surface area contributed by atoms with Gasteiger partial charge in [-0.05, 0) is 55.8 Å². The fraction of sp³-hybridized carbons (Fsp3) is 0.647. The standard InChI is InChI=1S/C17H27NO/c1-13-5-3-4-6-16(13)12-18-14(2)11-15-7-9-17(19)10-8-15/h7-10,13-14,16,18-19H,3-6,11-12H2,1-2H3. The molecule has 0 bridgehead atoms. The van der Waals surface area contributed by atoms with Gasteiger partial charge in [-0.3, -0.25) is 0 Å². The predicted molar refractivity (Wildman–Crippen MR) is 80.4 cm³/mol. The molecule has 0 saturated heterocycles. The Labute approximate surface area is 117 Å². The summed E-state index contributed by atoms with van der Waals surface area (Å²) in [6.45, 7) is 5.80. The molecule has 2 nitrogen and oxygen atoms in total. The minimum atomic E-state index is 0.348. The van der Waals surface area contributed by atoms with Crippen LogP contribution >= 0.6 is 0 Å². The lowest BCUT2D eigenvalue weighted by molar-refractivity contribution is 0.242. The summed E-state index contributed by atoms with van der Waals surface area (Å²) in [5.41, 5.74) is 1.29. The molecule has 0 aliphatic heterocycles. The number of hydrogen-bond acceptors (Lipinski definition) is 2. The van der Waals surface area contributed by atoms with Crippen LogP contribution in [0.3, 0.4) is 0 Å². The summed E-state index contributed by atoms with van der Waals surface area (Å²) in [7, 11) is 0. The second kappa shape index (κ2) is 6.95. The Balaban J connectivity index is 1.74. The van der Waals surface area contributed by atoms with Crippen LogP contribution in [0.1, 0.15) is 45.1 Å². The van der Waals surface area contributed by atoms with E-state index in [1.807, 2.05) is 12.1 Å². The van der Waals surface area contributed by atoms with Crippen molar-refractivity contribution in [1.82, 2.24) is 5.32 Å². The van der Waals surface area contributed by atoms with E-state index in [4.69, 9.17) is 0 Å². The van der Waals surface area contributed by atoms with Gasteiger partial charge in [0.1, 0.15) is 5.75 Å². The molecule has 0 heterocycles. The second-order valence-corrected chi connectivity index (χ2v) is 6.20. The molecule has 2 N–H and O–H groups in total. The highest BCUT2D eigenvalue weighted by molar-refractivity contribution is 5.26. The first-order valence-corrected chi connectivity index (χ1v) is 7.66. The maximum Gasteiger partial charge on any atom is 0.115 e.